The maximum atomic E-state index is 12.3. The van der Waals surface area contributed by atoms with Crippen molar-refractivity contribution in [1.82, 2.24) is 15.1 Å². The Morgan fingerprint density at radius 1 is 1.24 bits per heavy atom. The lowest BCUT2D eigenvalue weighted by molar-refractivity contribution is -0.141. The molecule has 3 amide bonds. The number of nitrogens with zero attached hydrogens (tertiary/aromatic N) is 2. The van der Waals surface area contributed by atoms with Crippen molar-refractivity contribution in [2.75, 3.05) is 19.6 Å². The van der Waals surface area contributed by atoms with Gasteiger partial charge in [0.1, 0.15) is 0 Å². The Hall–Kier alpha value is -1.43. The van der Waals surface area contributed by atoms with Crippen molar-refractivity contribution >= 4 is 17.7 Å². The van der Waals surface area contributed by atoms with Gasteiger partial charge in [0.2, 0.25) is 17.7 Å². The number of carbonyl (C=O) groups excluding carboxylic acids is 3. The molecule has 2 aliphatic rings. The molecule has 118 valence electrons. The fraction of sp³-hybridized carbons (Fsp3) is 0.800. The minimum absolute atomic E-state index is 0.0220. The van der Waals surface area contributed by atoms with Crippen LogP contribution in [0.2, 0.25) is 0 Å². The second-order valence-corrected chi connectivity index (χ2v) is 5.80. The van der Waals surface area contributed by atoms with Crippen LogP contribution in [0.3, 0.4) is 0 Å². The largest absolute Gasteiger partial charge is 0.342 e. The number of imide groups is 1. The van der Waals surface area contributed by atoms with Crippen LogP contribution in [0.15, 0.2) is 0 Å². The van der Waals surface area contributed by atoms with E-state index in [-0.39, 0.29) is 36.7 Å². The van der Waals surface area contributed by atoms with Crippen molar-refractivity contribution in [2.45, 2.75) is 58.0 Å². The van der Waals surface area contributed by atoms with Gasteiger partial charge in [-0.2, -0.15) is 0 Å². The Morgan fingerprint density at radius 2 is 1.86 bits per heavy atom. The minimum Gasteiger partial charge on any atom is -0.342 e. The van der Waals surface area contributed by atoms with Gasteiger partial charge in [0, 0.05) is 19.1 Å². The van der Waals surface area contributed by atoms with E-state index in [2.05, 4.69) is 5.32 Å². The molecule has 2 rings (SSSR count). The summed E-state index contributed by atoms with van der Waals surface area (Å²) in [6.45, 7) is 5.70. The van der Waals surface area contributed by atoms with E-state index in [0.29, 0.717) is 0 Å². The van der Waals surface area contributed by atoms with E-state index in [4.69, 9.17) is 0 Å². The number of hydrogen-bond acceptors (Lipinski definition) is 4. The monoisotopic (exact) mass is 295 g/mol. The highest BCUT2D eigenvalue weighted by molar-refractivity contribution is 6.06. The molecule has 6 heteroatoms. The summed E-state index contributed by atoms with van der Waals surface area (Å²) < 4.78 is 0. The quantitative estimate of drug-likeness (QED) is 0.725. The molecular weight excluding hydrogens is 270 g/mol. The predicted octanol–water partition coefficient (Wildman–Crippen LogP) is 0.515. The average molecular weight is 295 g/mol. The molecule has 1 N–H and O–H groups in total. The topological polar surface area (TPSA) is 69.7 Å². The van der Waals surface area contributed by atoms with Crippen molar-refractivity contribution in [1.29, 1.82) is 0 Å². The third-order valence-electron chi connectivity index (χ3n) is 4.45. The molecule has 0 spiro atoms. The number of nitrogens with one attached hydrogen (secondary N) is 1. The summed E-state index contributed by atoms with van der Waals surface area (Å²) in [5.74, 6) is -0.281. The van der Waals surface area contributed by atoms with Gasteiger partial charge in [-0.15, -0.1) is 0 Å². The third kappa shape index (κ3) is 3.43. The Balaban J connectivity index is 1.88. The third-order valence-corrected chi connectivity index (χ3v) is 4.45. The van der Waals surface area contributed by atoms with E-state index in [1.165, 1.54) is 4.90 Å². The highest BCUT2D eigenvalue weighted by atomic mass is 16.2. The van der Waals surface area contributed by atoms with Gasteiger partial charge in [0.15, 0.2) is 0 Å². The van der Waals surface area contributed by atoms with Crippen LogP contribution < -0.4 is 5.32 Å². The fourth-order valence-electron chi connectivity index (χ4n) is 3.14. The van der Waals surface area contributed by atoms with Gasteiger partial charge >= 0.3 is 0 Å². The van der Waals surface area contributed by atoms with E-state index < -0.39 is 6.04 Å². The number of hydrogen-bond donors (Lipinski definition) is 1. The molecule has 1 unspecified atom stereocenters. The highest BCUT2D eigenvalue weighted by Crippen LogP contribution is 2.20. The van der Waals surface area contributed by atoms with Gasteiger partial charge in [-0.05, 0) is 25.7 Å². The molecule has 0 saturated carbocycles. The zero-order chi connectivity index (χ0) is 15.4. The molecule has 2 aliphatic heterocycles. The maximum Gasteiger partial charge on any atom is 0.247 e. The van der Waals surface area contributed by atoms with Gasteiger partial charge in [-0.3, -0.25) is 24.6 Å². The van der Waals surface area contributed by atoms with Crippen LogP contribution in [0.1, 0.15) is 46.0 Å². The van der Waals surface area contributed by atoms with Crippen LogP contribution in [0, 0.1) is 0 Å². The molecule has 2 fully saturated rings. The zero-order valence-electron chi connectivity index (χ0n) is 12.9. The van der Waals surface area contributed by atoms with E-state index in [1.54, 1.807) is 0 Å². The van der Waals surface area contributed by atoms with Crippen LogP contribution in [0.5, 0.6) is 0 Å². The first-order valence-electron chi connectivity index (χ1n) is 7.95. The minimum atomic E-state index is -0.537. The average Bonchev–Trinajstić information content (AvgIpc) is 3.09. The summed E-state index contributed by atoms with van der Waals surface area (Å²) in [5, 5.41) is 2.97. The van der Waals surface area contributed by atoms with Gasteiger partial charge in [0.05, 0.1) is 19.0 Å². The van der Waals surface area contributed by atoms with Crippen LogP contribution in [-0.2, 0) is 14.4 Å². The van der Waals surface area contributed by atoms with E-state index in [1.807, 2.05) is 18.7 Å². The number of amides is 3. The molecule has 0 aliphatic carbocycles. The molecule has 2 saturated heterocycles. The maximum absolute atomic E-state index is 12.3. The Kier molecular flexibility index (Phi) is 5.33. The van der Waals surface area contributed by atoms with Gasteiger partial charge in [0.25, 0.3) is 0 Å². The first-order valence-corrected chi connectivity index (χ1v) is 7.95. The summed E-state index contributed by atoms with van der Waals surface area (Å²) in [6.07, 6.45) is 3.81. The summed E-state index contributed by atoms with van der Waals surface area (Å²) in [7, 11) is 0. The van der Waals surface area contributed by atoms with E-state index >= 15 is 0 Å². The number of carbonyl (C=O) groups is 3. The fourth-order valence-corrected chi connectivity index (χ4v) is 3.14. The van der Waals surface area contributed by atoms with Crippen LogP contribution in [-0.4, -0.2) is 59.2 Å². The Bertz CT molecular complexity index is 414. The van der Waals surface area contributed by atoms with Gasteiger partial charge < -0.3 is 4.90 Å². The molecule has 6 nitrogen and oxygen atoms in total. The van der Waals surface area contributed by atoms with Gasteiger partial charge in [-0.1, -0.05) is 13.8 Å². The van der Waals surface area contributed by atoms with Gasteiger partial charge in [-0.25, -0.2) is 0 Å². The molecule has 2 heterocycles. The lowest BCUT2D eigenvalue weighted by Gasteiger charge is -2.24. The van der Waals surface area contributed by atoms with Crippen LogP contribution in [0.4, 0.5) is 0 Å². The van der Waals surface area contributed by atoms with Crippen molar-refractivity contribution in [3.05, 3.63) is 0 Å². The van der Waals surface area contributed by atoms with Crippen molar-refractivity contribution in [3.8, 4) is 0 Å². The van der Waals surface area contributed by atoms with Crippen molar-refractivity contribution < 1.29 is 14.4 Å². The predicted molar refractivity (Wildman–Crippen MR) is 78.4 cm³/mol. The lowest BCUT2D eigenvalue weighted by atomic mass is 10.1. The molecule has 1 atom stereocenters. The molecule has 0 aromatic rings. The first kappa shape index (κ1) is 15.9. The summed E-state index contributed by atoms with van der Waals surface area (Å²) >= 11 is 0. The molecule has 0 bridgehead atoms. The van der Waals surface area contributed by atoms with E-state index in [9.17, 15) is 14.4 Å². The molecule has 0 radical (unpaired) electrons. The summed E-state index contributed by atoms with van der Waals surface area (Å²) in [4.78, 5) is 39.5. The Labute approximate surface area is 125 Å². The Morgan fingerprint density at radius 3 is 2.43 bits per heavy atom. The van der Waals surface area contributed by atoms with Crippen LogP contribution in [0.25, 0.3) is 0 Å². The zero-order valence-corrected chi connectivity index (χ0v) is 12.9. The normalized spacial score (nSPS) is 22.7. The first-order chi connectivity index (χ1) is 10.1. The van der Waals surface area contributed by atoms with Crippen molar-refractivity contribution in [3.63, 3.8) is 0 Å². The second kappa shape index (κ2) is 7.02. The number of likely N-dealkylation sites (tertiary alicyclic amines) is 2. The number of rotatable bonds is 6. The highest BCUT2D eigenvalue weighted by Gasteiger charge is 2.41. The SMILES string of the molecule is CCC(CC)N1C(=O)CC(NCC(=O)N2CCCC2)C1=O. The standard InChI is InChI=1S/C15H25N3O3/c1-3-11(4-2)18-13(19)9-12(15(18)21)16-10-14(20)17-7-5-6-8-17/h11-12,16H,3-10H2,1-2H3. The van der Waals surface area contributed by atoms with Crippen molar-refractivity contribution in [2.24, 2.45) is 0 Å². The molecular formula is C15H25N3O3. The second-order valence-electron chi connectivity index (χ2n) is 5.80. The molecule has 21 heavy (non-hydrogen) atoms. The molecule has 0 aromatic carbocycles. The summed E-state index contributed by atoms with van der Waals surface area (Å²) in [6, 6.07) is -0.560. The molecule has 0 aromatic heterocycles. The lowest BCUT2D eigenvalue weighted by Crippen LogP contribution is -2.46. The summed E-state index contributed by atoms with van der Waals surface area (Å²) in [5.41, 5.74) is 0. The smallest absolute Gasteiger partial charge is 0.247 e. The van der Waals surface area contributed by atoms with Crippen LogP contribution >= 0.6 is 0 Å². The van der Waals surface area contributed by atoms with E-state index in [0.717, 1.165) is 38.8 Å².